The van der Waals surface area contributed by atoms with E-state index in [9.17, 15) is 13.5 Å². The van der Waals surface area contributed by atoms with E-state index in [1.165, 1.54) is 15.8 Å². The van der Waals surface area contributed by atoms with Crippen molar-refractivity contribution in [1.82, 2.24) is 4.31 Å². The Morgan fingerprint density at radius 1 is 1.35 bits per heavy atom. The summed E-state index contributed by atoms with van der Waals surface area (Å²) in [5, 5.41) is 11.8. The van der Waals surface area contributed by atoms with Crippen molar-refractivity contribution in [3.63, 3.8) is 0 Å². The van der Waals surface area contributed by atoms with Crippen molar-refractivity contribution >= 4 is 27.7 Å². The van der Waals surface area contributed by atoms with Gasteiger partial charge in [-0.15, -0.1) is 0 Å². The lowest BCUT2D eigenvalue weighted by molar-refractivity contribution is -0.0648. The molecule has 1 aliphatic heterocycles. The third-order valence-electron chi connectivity index (χ3n) is 3.32. The van der Waals surface area contributed by atoms with Crippen LogP contribution >= 0.6 is 11.6 Å². The van der Waals surface area contributed by atoms with Gasteiger partial charge in [0.25, 0.3) is 0 Å². The molecule has 0 atom stereocenters. The molecule has 0 saturated carbocycles. The minimum Gasteiger partial charge on any atom is -0.387 e. The zero-order valence-corrected chi connectivity index (χ0v) is 12.9. The van der Waals surface area contributed by atoms with Gasteiger partial charge in [-0.1, -0.05) is 37.1 Å². The summed E-state index contributed by atoms with van der Waals surface area (Å²) in [6, 6.07) is 6.91. The summed E-state index contributed by atoms with van der Waals surface area (Å²) in [5.74, 6) is 0. The van der Waals surface area contributed by atoms with E-state index in [2.05, 4.69) is 0 Å². The lowest BCUT2D eigenvalue weighted by atomic mass is 9.92. The van der Waals surface area contributed by atoms with Gasteiger partial charge in [0.1, 0.15) is 0 Å². The molecule has 1 fully saturated rings. The second-order valence-corrected chi connectivity index (χ2v) is 7.40. The van der Waals surface area contributed by atoms with Gasteiger partial charge in [0.2, 0.25) is 10.0 Å². The van der Waals surface area contributed by atoms with Gasteiger partial charge < -0.3 is 5.11 Å². The Morgan fingerprint density at radius 2 is 1.95 bits per heavy atom. The predicted molar refractivity (Wildman–Crippen MR) is 80.8 cm³/mol. The van der Waals surface area contributed by atoms with Gasteiger partial charge in [0.05, 0.1) is 5.60 Å². The van der Waals surface area contributed by atoms with Crippen molar-refractivity contribution in [3.8, 4) is 0 Å². The lowest BCUT2D eigenvalue weighted by Crippen LogP contribution is -2.62. The fraction of sp³-hybridized carbons (Fsp3) is 0.429. The standard InChI is InChI=1S/C14H18ClNO3S/c1-2-8-14(17)10-16(11-14)20(18,19)9-7-12-3-5-13(15)6-4-12/h3-7,9,17H,2,8,10-11H2,1H3. The SMILES string of the molecule is CCCC1(O)CN(S(=O)(=O)C=Cc2ccc(Cl)cc2)C1. The van der Waals surface area contributed by atoms with Gasteiger partial charge >= 0.3 is 0 Å². The van der Waals surface area contributed by atoms with Gasteiger partial charge in [-0.25, -0.2) is 8.42 Å². The van der Waals surface area contributed by atoms with Crippen LogP contribution in [0.2, 0.25) is 5.02 Å². The zero-order valence-electron chi connectivity index (χ0n) is 11.3. The number of hydrogen-bond acceptors (Lipinski definition) is 3. The lowest BCUT2D eigenvalue weighted by Gasteiger charge is -2.44. The topological polar surface area (TPSA) is 57.6 Å². The smallest absolute Gasteiger partial charge is 0.236 e. The molecule has 0 aliphatic carbocycles. The third-order valence-corrected chi connectivity index (χ3v) is 5.03. The third kappa shape index (κ3) is 3.61. The van der Waals surface area contributed by atoms with Gasteiger partial charge in [-0.05, 0) is 30.2 Å². The molecule has 1 heterocycles. The number of rotatable bonds is 5. The number of nitrogens with zero attached hydrogens (tertiary/aromatic N) is 1. The van der Waals surface area contributed by atoms with Crippen LogP contribution in [0.1, 0.15) is 25.3 Å². The number of hydrogen-bond donors (Lipinski definition) is 1. The number of aliphatic hydroxyl groups is 1. The van der Waals surface area contributed by atoms with E-state index >= 15 is 0 Å². The quantitative estimate of drug-likeness (QED) is 0.908. The van der Waals surface area contributed by atoms with Crippen LogP contribution in [0.25, 0.3) is 6.08 Å². The molecular formula is C14H18ClNO3S. The second-order valence-electron chi connectivity index (χ2n) is 5.14. The van der Waals surface area contributed by atoms with E-state index in [0.717, 1.165) is 12.0 Å². The first-order valence-corrected chi connectivity index (χ1v) is 8.39. The molecule has 1 saturated heterocycles. The number of halogens is 1. The molecule has 4 nitrogen and oxygen atoms in total. The molecular weight excluding hydrogens is 298 g/mol. The molecule has 1 aromatic carbocycles. The minimum atomic E-state index is -3.46. The molecule has 0 bridgehead atoms. The molecule has 0 spiro atoms. The highest BCUT2D eigenvalue weighted by atomic mass is 35.5. The zero-order chi connectivity index (χ0) is 14.8. The molecule has 2 rings (SSSR count). The Bertz CT molecular complexity index is 589. The van der Waals surface area contributed by atoms with Crippen molar-refractivity contribution in [2.45, 2.75) is 25.4 Å². The first kappa shape index (κ1) is 15.5. The summed E-state index contributed by atoms with van der Waals surface area (Å²) in [6.45, 7) is 2.32. The number of β-amino-alcohol motifs (C(OH)–C–C–N with tert-alkyl or cyclic N) is 1. The Kier molecular flexibility index (Phi) is 4.54. The maximum atomic E-state index is 12.0. The maximum absolute atomic E-state index is 12.0. The second kappa shape index (κ2) is 5.85. The predicted octanol–water partition coefficient (Wildman–Crippen LogP) is 2.49. The maximum Gasteiger partial charge on any atom is 0.236 e. The van der Waals surface area contributed by atoms with E-state index < -0.39 is 15.6 Å². The Labute approximate surface area is 124 Å². The molecule has 6 heteroatoms. The normalized spacial score (nSPS) is 19.1. The van der Waals surface area contributed by atoms with Gasteiger partial charge in [0, 0.05) is 23.5 Å². The van der Waals surface area contributed by atoms with Crippen molar-refractivity contribution in [2.24, 2.45) is 0 Å². The summed E-state index contributed by atoms with van der Waals surface area (Å²) in [6.07, 6.45) is 2.99. The Balaban J connectivity index is 2.00. The van der Waals surface area contributed by atoms with Crippen LogP contribution in [-0.4, -0.2) is 36.5 Å². The largest absolute Gasteiger partial charge is 0.387 e. The molecule has 1 aromatic rings. The van der Waals surface area contributed by atoms with Crippen LogP contribution in [0.5, 0.6) is 0 Å². The number of sulfonamides is 1. The summed E-state index contributed by atoms with van der Waals surface area (Å²) in [7, 11) is -3.46. The van der Waals surface area contributed by atoms with Crippen molar-refractivity contribution in [3.05, 3.63) is 40.3 Å². The van der Waals surface area contributed by atoms with E-state index in [0.29, 0.717) is 11.4 Å². The van der Waals surface area contributed by atoms with Crippen LogP contribution in [0.4, 0.5) is 0 Å². The summed E-state index contributed by atoms with van der Waals surface area (Å²) in [5.41, 5.74) is -0.0852. The highest BCUT2D eigenvalue weighted by Crippen LogP contribution is 2.29. The summed E-state index contributed by atoms with van der Waals surface area (Å²) >= 11 is 5.77. The van der Waals surface area contributed by atoms with E-state index in [-0.39, 0.29) is 13.1 Å². The van der Waals surface area contributed by atoms with Crippen LogP contribution in [0.15, 0.2) is 29.7 Å². The summed E-state index contributed by atoms with van der Waals surface area (Å²) < 4.78 is 25.4. The molecule has 110 valence electrons. The monoisotopic (exact) mass is 315 g/mol. The van der Waals surface area contributed by atoms with E-state index in [1.807, 2.05) is 6.92 Å². The molecule has 1 aliphatic rings. The fourth-order valence-corrected chi connectivity index (χ4v) is 3.71. The van der Waals surface area contributed by atoms with Crippen LogP contribution in [-0.2, 0) is 10.0 Å². The van der Waals surface area contributed by atoms with Gasteiger partial charge in [-0.3, -0.25) is 0 Å². The fourth-order valence-electron chi connectivity index (χ4n) is 2.24. The molecule has 0 aromatic heterocycles. The van der Waals surface area contributed by atoms with Crippen LogP contribution in [0, 0.1) is 0 Å². The molecule has 1 N–H and O–H groups in total. The van der Waals surface area contributed by atoms with Gasteiger partial charge in [-0.2, -0.15) is 4.31 Å². The minimum absolute atomic E-state index is 0.175. The first-order valence-electron chi connectivity index (χ1n) is 6.51. The first-order chi connectivity index (χ1) is 9.35. The Morgan fingerprint density at radius 3 is 2.50 bits per heavy atom. The average molecular weight is 316 g/mol. The molecule has 0 radical (unpaired) electrons. The highest BCUT2D eigenvalue weighted by molar-refractivity contribution is 7.92. The van der Waals surface area contributed by atoms with Crippen LogP contribution in [0.3, 0.4) is 0 Å². The van der Waals surface area contributed by atoms with Crippen molar-refractivity contribution in [2.75, 3.05) is 13.1 Å². The van der Waals surface area contributed by atoms with Crippen molar-refractivity contribution < 1.29 is 13.5 Å². The molecule has 0 unspecified atom stereocenters. The highest BCUT2D eigenvalue weighted by Gasteiger charge is 2.45. The molecule has 0 amide bonds. The van der Waals surface area contributed by atoms with Crippen molar-refractivity contribution in [1.29, 1.82) is 0 Å². The van der Waals surface area contributed by atoms with Gasteiger partial charge in [0.15, 0.2) is 0 Å². The van der Waals surface area contributed by atoms with Crippen LogP contribution < -0.4 is 0 Å². The Hall–Kier alpha value is -0.880. The molecule has 20 heavy (non-hydrogen) atoms. The van der Waals surface area contributed by atoms with E-state index in [1.54, 1.807) is 24.3 Å². The number of benzene rings is 1. The average Bonchev–Trinajstić information content (AvgIpc) is 2.35. The van der Waals surface area contributed by atoms with E-state index in [4.69, 9.17) is 11.6 Å². The summed E-state index contributed by atoms with van der Waals surface area (Å²) in [4.78, 5) is 0.